The van der Waals surface area contributed by atoms with E-state index in [1.807, 2.05) is 18.2 Å². The number of methoxy groups -OCH3 is 3. The summed E-state index contributed by atoms with van der Waals surface area (Å²) in [5.41, 5.74) is 1.78. The average Bonchev–Trinajstić information content (AvgIpc) is 2.73. The topological polar surface area (TPSA) is 64.5 Å². The molecule has 1 aliphatic rings. The van der Waals surface area contributed by atoms with E-state index in [-0.39, 0.29) is 5.91 Å². The van der Waals surface area contributed by atoms with Crippen LogP contribution in [0.25, 0.3) is 0 Å². The second-order valence-corrected chi connectivity index (χ2v) is 6.74. The number of para-hydroxylation sites is 2. The van der Waals surface area contributed by atoms with E-state index in [0.29, 0.717) is 23.7 Å². The van der Waals surface area contributed by atoms with Crippen LogP contribution in [0.1, 0.15) is 0 Å². The standard InChI is InChI=1S/C21H27N3O4/c1-26-17-12-16(13-18(14-17)27-2)22-21(25)15-23-8-10-24(11-9-23)19-6-4-5-7-20(19)28-3/h4-7,12-14H,8-11,15H2,1-3H3,(H,22,25)/p+1. The molecule has 2 aromatic rings. The Bertz CT molecular complexity index is 782. The van der Waals surface area contributed by atoms with Gasteiger partial charge in [0, 0.05) is 23.9 Å². The summed E-state index contributed by atoms with van der Waals surface area (Å²) in [6, 6.07) is 13.4. The van der Waals surface area contributed by atoms with Gasteiger partial charge in [0.1, 0.15) is 17.2 Å². The molecular formula is C21H28N3O4+. The minimum absolute atomic E-state index is 0.0175. The molecule has 0 aromatic heterocycles. The predicted molar refractivity (Wildman–Crippen MR) is 109 cm³/mol. The van der Waals surface area contributed by atoms with E-state index in [0.717, 1.165) is 37.6 Å². The number of anilines is 2. The largest absolute Gasteiger partial charge is 0.497 e. The van der Waals surface area contributed by atoms with Crippen LogP contribution in [0.3, 0.4) is 0 Å². The molecule has 0 bridgehead atoms. The molecule has 0 aliphatic carbocycles. The van der Waals surface area contributed by atoms with Gasteiger partial charge in [0.15, 0.2) is 6.54 Å². The lowest BCUT2D eigenvalue weighted by Gasteiger charge is -2.34. The molecule has 2 N–H and O–H groups in total. The number of nitrogens with zero attached hydrogens (tertiary/aromatic N) is 1. The number of carbonyl (C=O) groups is 1. The van der Waals surface area contributed by atoms with Gasteiger partial charge in [-0.1, -0.05) is 12.1 Å². The Morgan fingerprint density at radius 2 is 1.64 bits per heavy atom. The van der Waals surface area contributed by atoms with E-state index in [9.17, 15) is 4.79 Å². The zero-order valence-corrected chi connectivity index (χ0v) is 16.7. The van der Waals surface area contributed by atoms with Gasteiger partial charge in [0.05, 0.1) is 53.2 Å². The van der Waals surface area contributed by atoms with Crippen LogP contribution >= 0.6 is 0 Å². The van der Waals surface area contributed by atoms with Crippen molar-refractivity contribution in [3.63, 3.8) is 0 Å². The van der Waals surface area contributed by atoms with E-state index in [1.54, 1.807) is 39.5 Å². The molecule has 1 heterocycles. The summed E-state index contributed by atoms with van der Waals surface area (Å²) in [5.74, 6) is 2.16. The second-order valence-electron chi connectivity index (χ2n) is 6.74. The minimum atomic E-state index is -0.0175. The Labute approximate surface area is 165 Å². The molecule has 7 heteroatoms. The predicted octanol–water partition coefficient (Wildman–Crippen LogP) is 1.06. The fourth-order valence-corrected chi connectivity index (χ4v) is 3.44. The first-order chi connectivity index (χ1) is 13.6. The van der Waals surface area contributed by atoms with Gasteiger partial charge in [-0.15, -0.1) is 0 Å². The molecule has 1 fully saturated rings. The van der Waals surface area contributed by atoms with Gasteiger partial charge in [0.2, 0.25) is 0 Å². The smallest absolute Gasteiger partial charge is 0.279 e. The first-order valence-corrected chi connectivity index (χ1v) is 9.37. The Morgan fingerprint density at radius 1 is 1.00 bits per heavy atom. The van der Waals surface area contributed by atoms with E-state index in [1.165, 1.54) is 4.90 Å². The SMILES string of the molecule is COc1cc(NC(=O)C[NH+]2CCN(c3ccccc3OC)CC2)cc(OC)c1. The zero-order valence-electron chi connectivity index (χ0n) is 16.7. The van der Waals surface area contributed by atoms with Crippen LogP contribution in [-0.2, 0) is 4.79 Å². The fraction of sp³-hybridized carbons (Fsp3) is 0.381. The maximum Gasteiger partial charge on any atom is 0.279 e. The summed E-state index contributed by atoms with van der Waals surface area (Å²) in [6.07, 6.45) is 0. The van der Waals surface area contributed by atoms with Crippen molar-refractivity contribution in [2.75, 3.05) is 64.3 Å². The Hall–Kier alpha value is -2.93. The number of amides is 1. The van der Waals surface area contributed by atoms with E-state index in [4.69, 9.17) is 14.2 Å². The van der Waals surface area contributed by atoms with Crippen molar-refractivity contribution < 1.29 is 23.9 Å². The third kappa shape index (κ3) is 4.86. The highest BCUT2D eigenvalue weighted by atomic mass is 16.5. The van der Waals surface area contributed by atoms with Crippen molar-refractivity contribution in [2.45, 2.75) is 0 Å². The number of hydrogen-bond acceptors (Lipinski definition) is 5. The normalized spacial score (nSPS) is 14.5. The Kier molecular flexibility index (Phi) is 6.60. The second kappa shape index (κ2) is 9.32. The van der Waals surface area contributed by atoms with Gasteiger partial charge in [0.25, 0.3) is 5.91 Å². The van der Waals surface area contributed by atoms with E-state index >= 15 is 0 Å². The minimum Gasteiger partial charge on any atom is -0.497 e. The maximum absolute atomic E-state index is 12.5. The summed E-state index contributed by atoms with van der Waals surface area (Å²) in [5, 5.41) is 2.95. The van der Waals surface area contributed by atoms with Gasteiger partial charge in [-0.25, -0.2) is 0 Å². The van der Waals surface area contributed by atoms with Crippen molar-refractivity contribution in [3.05, 3.63) is 42.5 Å². The van der Waals surface area contributed by atoms with Crippen molar-refractivity contribution in [2.24, 2.45) is 0 Å². The van der Waals surface area contributed by atoms with Crippen molar-refractivity contribution in [1.29, 1.82) is 0 Å². The molecule has 3 rings (SSSR count). The van der Waals surface area contributed by atoms with E-state index in [2.05, 4.69) is 16.3 Å². The van der Waals surface area contributed by atoms with Crippen molar-refractivity contribution >= 4 is 17.3 Å². The molecule has 0 unspecified atom stereocenters. The third-order valence-electron chi connectivity index (χ3n) is 4.94. The summed E-state index contributed by atoms with van der Waals surface area (Å²) >= 11 is 0. The van der Waals surface area contributed by atoms with Gasteiger partial charge < -0.3 is 29.3 Å². The van der Waals surface area contributed by atoms with Crippen LogP contribution < -0.4 is 29.3 Å². The highest BCUT2D eigenvalue weighted by molar-refractivity contribution is 5.91. The molecule has 2 aromatic carbocycles. The molecule has 0 radical (unpaired) electrons. The molecule has 150 valence electrons. The van der Waals surface area contributed by atoms with Crippen molar-refractivity contribution in [1.82, 2.24) is 0 Å². The highest BCUT2D eigenvalue weighted by Crippen LogP contribution is 2.27. The van der Waals surface area contributed by atoms with Crippen LogP contribution in [0, 0.1) is 0 Å². The first-order valence-electron chi connectivity index (χ1n) is 9.37. The summed E-state index contributed by atoms with van der Waals surface area (Å²) < 4.78 is 16.0. The Morgan fingerprint density at radius 3 is 2.25 bits per heavy atom. The Balaban J connectivity index is 1.54. The molecule has 1 saturated heterocycles. The number of nitrogens with one attached hydrogen (secondary N) is 2. The summed E-state index contributed by atoms with van der Waals surface area (Å²) in [4.78, 5) is 16.1. The molecule has 1 amide bonds. The third-order valence-corrected chi connectivity index (χ3v) is 4.94. The fourth-order valence-electron chi connectivity index (χ4n) is 3.44. The first kappa shape index (κ1) is 19.8. The number of carbonyl (C=O) groups excluding carboxylic acids is 1. The zero-order chi connectivity index (χ0) is 19.9. The van der Waals surface area contributed by atoms with Gasteiger partial charge in [-0.3, -0.25) is 4.79 Å². The van der Waals surface area contributed by atoms with Crippen LogP contribution in [-0.4, -0.2) is 60.0 Å². The highest BCUT2D eigenvalue weighted by Gasteiger charge is 2.24. The number of benzene rings is 2. The van der Waals surface area contributed by atoms with Gasteiger partial charge in [-0.05, 0) is 12.1 Å². The molecular weight excluding hydrogens is 358 g/mol. The molecule has 1 aliphatic heterocycles. The van der Waals surface area contributed by atoms with Gasteiger partial charge >= 0.3 is 0 Å². The summed E-state index contributed by atoms with van der Waals surface area (Å²) in [6.45, 7) is 3.99. The number of quaternary nitrogens is 1. The lowest BCUT2D eigenvalue weighted by Crippen LogP contribution is -3.15. The molecule has 0 saturated carbocycles. The number of piperazine rings is 1. The molecule has 0 atom stereocenters. The molecule has 0 spiro atoms. The number of rotatable bonds is 7. The average molecular weight is 386 g/mol. The maximum atomic E-state index is 12.5. The lowest BCUT2D eigenvalue weighted by atomic mass is 10.2. The van der Waals surface area contributed by atoms with Gasteiger partial charge in [-0.2, -0.15) is 0 Å². The van der Waals surface area contributed by atoms with Crippen LogP contribution in [0.15, 0.2) is 42.5 Å². The quantitative estimate of drug-likeness (QED) is 0.745. The van der Waals surface area contributed by atoms with Crippen LogP contribution in [0.4, 0.5) is 11.4 Å². The monoisotopic (exact) mass is 386 g/mol. The molecule has 28 heavy (non-hydrogen) atoms. The van der Waals surface area contributed by atoms with E-state index < -0.39 is 0 Å². The molecule has 7 nitrogen and oxygen atoms in total. The van der Waals surface area contributed by atoms with Crippen LogP contribution in [0.2, 0.25) is 0 Å². The number of ether oxygens (including phenoxy) is 3. The lowest BCUT2D eigenvalue weighted by molar-refractivity contribution is -0.892. The van der Waals surface area contributed by atoms with Crippen molar-refractivity contribution in [3.8, 4) is 17.2 Å². The number of hydrogen-bond donors (Lipinski definition) is 2. The summed E-state index contributed by atoms with van der Waals surface area (Å²) in [7, 11) is 4.87. The van der Waals surface area contributed by atoms with Crippen LogP contribution in [0.5, 0.6) is 17.2 Å².